The molecule has 0 bridgehead atoms. The number of aryl methyl sites for hydroxylation is 1. The van der Waals surface area contributed by atoms with E-state index in [4.69, 9.17) is 4.42 Å². The molecule has 1 aromatic heterocycles. The molecule has 0 atom stereocenters. The average molecular weight is 421 g/mol. The highest BCUT2D eigenvalue weighted by Gasteiger charge is 2.12. The lowest BCUT2D eigenvalue weighted by atomic mass is 10.1. The van der Waals surface area contributed by atoms with E-state index in [1.807, 2.05) is 66.7 Å². The van der Waals surface area contributed by atoms with Crippen LogP contribution in [0.4, 0.5) is 5.69 Å². The molecule has 134 valence electrons. The van der Waals surface area contributed by atoms with Crippen LogP contribution >= 0.6 is 15.9 Å². The second-order valence-electron chi connectivity index (χ2n) is 6.19. The highest BCUT2D eigenvalue weighted by Crippen LogP contribution is 2.31. The second-order valence-corrected chi connectivity index (χ2v) is 7.04. The third kappa shape index (κ3) is 3.64. The Morgan fingerprint density at radius 1 is 1.07 bits per heavy atom. The average Bonchev–Trinajstić information content (AvgIpc) is 3.11. The smallest absolute Gasteiger partial charge is 0.255 e. The van der Waals surface area contributed by atoms with E-state index in [0.717, 1.165) is 16.5 Å². The van der Waals surface area contributed by atoms with Crippen LogP contribution in [0.15, 0.2) is 75.6 Å². The molecule has 1 heterocycles. The van der Waals surface area contributed by atoms with Gasteiger partial charge in [-0.3, -0.25) is 4.79 Å². The fourth-order valence-electron chi connectivity index (χ4n) is 2.85. The number of oxazole rings is 1. The molecule has 4 nitrogen and oxygen atoms in total. The predicted octanol–water partition coefficient (Wildman–Crippen LogP) is 6.07. The first-order chi connectivity index (χ1) is 13.1. The molecule has 3 aromatic carbocycles. The van der Waals surface area contributed by atoms with Crippen LogP contribution in [0.3, 0.4) is 0 Å². The minimum atomic E-state index is -0.147. The van der Waals surface area contributed by atoms with Gasteiger partial charge in [0.05, 0.1) is 5.56 Å². The molecule has 27 heavy (non-hydrogen) atoms. The molecule has 0 aliphatic rings. The van der Waals surface area contributed by atoms with Gasteiger partial charge in [-0.05, 0) is 70.4 Å². The molecule has 0 radical (unpaired) electrons. The largest absolute Gasteiger partial charge is 0.436 e. The molecule has 5 heteroatoms. The zero-order valence-corrected chi connectivity index (χ0v) is 16.3. The molecule has 0 saturated carbocycles. The van der Waals surface area contributed by atoms with Crippen LogP contribution in [0.2, 0.25) is 0 Å². The Hall–Kier alpha value is -2.92. The van der Waals surface area contributed by atoms with Crippen LogP contribution in [0.1, 0.15) is 22.8 Å². The van der Waals surface area contributed by atoms with E-state index in [2.05, 4.69) is 33.2 Å². The van der Waals surface area contributed by atoms with Gasteiger partial charge in [0.1, 0.15) is 5.52 Å². The third-order valence-electron chi connectivity index (χ3n) is 4.37. The summed E-state index contributed by atoms with van der Waals surface area (Å²) >= 11 is 3.52. The van der Waals surface area contributed by atoms with E-state index in [0.29, 0.717) is 28.2 Å². The van der Waals surface area contributed by atoms with Gasteiger partial charge in [0.15, 0.2) is 5.58 Å². The van der Waals surface area contributed by atoms with Gasteiger partial charge in [0.2, 0.25) is 5.89 Å². The van der Waals surface area contributed by atoms with Gasteiger partial charge >= 0.3 is 0 Å². The number of amides is 1. The van der Waals surface area contributed by atoms with Crippen molar-refractivity contribution < 1.29 is 9.21 Å². The van der Waals surface area contributed by atoms with Crippen molar-refractivity contribution in [2.75, 3.05) is 5.32 Å². The van der Waals surface area contributed by atoms with Crippen molar-refractivity contribution in [3.63, 3.8) is 0 Å². The van der Waals surface area contributed by atoms with Gasteiger partial charge in [-0.15, -0.1) is 0 Å². The quantitative estimate of drug-likeness (QED) is 0.435. The predicted molar refractivity (Wildman–Crippen MR) is 111 cm³/mol. The van der Waals surface area contributed by atoms with Gasteiger partial charge in [-0.2, -0.15) is 0 Å². The molecule has 1 amide bonds. The second kappa shape index (κ2) is 7.37. The Balaban J connectivity index is 1.59. The molecule has 0 unspecified atom stereocenters. The number of nitrogens with zero attached hydrogens (tertiary/aromatic N) is 1. The summed E-state index contributed by atoms with van der Waals surface area (Å²) in [5.74, 6) is 0.391. The maximum Gasteiger partial charge on any atom is 0.255 e. The highest BCUT2D eigenvalue weighted by atomic mass is 79.9. The zero-order valence-electron chi connectivity index (χ0n) is 14.7. The standard InChI is InChI=1S/C22H17BrN2O2/c1-2-14-7-9-15(10-8-14)21(26)24-16-11-12-20-19(13-16)25-22(27-20)17-5-3-4-6-18(17)23/h3-13H,2H2,1H3,(H,24,26). The molecular weight excluding hydrogens is 404 g/mol. The minimum absolute atomic E-state index is 0.147. The molecule has 0 aliphatic heterocycles. The summed E-state index contributed by atoms with van der Waals surface area (Å²) in [5.41, 5.74) is 4.76. The third-order valence-corrected chi connectivity index (χ3v) is 5.07. The Kier molecular flexibility index (Phi) is 4.77. The highest BCUT2D eigenvalue weighted by molar-refractivity contribution is 9.10. The van der Waals surface area contributed by atoms with Gasteiger partial charge in [-0.1, -0.05) is 31.2 Å². The summed E-state index contributed by atoms with van der Waals surface area (Å²) in [6, 6.07) is 20.8. The van der Waals surface area contributed by atoms with Gasteiger partial charge in [0.25, 0.3) is 5.91 Å². The van der Waals surface area contributed by atoms with E-state index < -0.39 is 0 Å². The van der Waals surface area contributed by atoms with Crippen molar-refractivity contribution in [1.29, 1.82) is 0 Å². The lowest BCUT2D eigenvalue weighted by Gasteiger charge is -2.05. The fourth-order valence-corrected chi connectivity index (χ4v) is 3.30. The molecule has 0 fully saturated rings. The number of fused-ring (bicyclic) bond motifs is 1. The number of rotatable bonds is 4. The summed E-state index contributed by atoms with van der Waals surface area (Å²) < 4.78 is 6.77. The summed E-state index contributed by atoms with van der Waals surface area (Å²) in [7, 11) is 0. The molecule has 4 rings (SSSR count). The fraction of sp³-hybridized carbons (Fsp3) is 0.0909. The number of aromatic nitrogens is 1. The van der Waals surface area contributed by atoms with Crippen LogP contribution in [-0.2, 0) is 6.42 Å². The molecule has 0 aliphatic carbocycles. The first kappa shape index (κ1) is 17.5. The first-order valence-corrected chi connectivity index (χ1v) is 9.49. The number of carbonyl (C=O) groups excluding carboxylic acids is 1. The van der Waals surface area contributed by atoms with E-state index in [1.165, 1.54) is 5.56 Å². The van der Waals surface area contributed by atoms with Crippen LogP contribution in [0.5, 0.6) is 0 Å². The minimum Gasteiger partial charge on any atom is -0.436 e. The number of benzene rings is 3. The Labute approximate surface area is 165 Å². The van der Waals surface area contributed by atoms with Crippen molar-refractivity contribution in [2.24, 2.45) is 0 Å². The van der Waals surface area contributed by atoms with E-state index in [9.17, 15) is 4.79 Å². The molecule has 0 saturated heterocycles. The molecule has 0 spiro atoms. The monoisotopic (exact) mass is 420 g/mol. The number of carbonyl (C=O) groups is 1. The summed E-state index contributed by atoms with van der Waals surface area (Å²) in [6.45, 7) is 2.09. The summed E-state index contributed by atoms with van der Waals surface area (Å²) in [5, 5.41) is 2.92. The number of hydrogen-bond donors (Lipinski definition) is 1. The van der Waals surface area contributed by atoms with Crippen molar-refractivity contribution in [3.8, 4) is 11.5 Å². The number of hydrogen-bond acceptors (Lipinski definition) is 3. The summed E-state index contributed by atoms with van der Waals surface area (Å²) in [6.07, 6.45) is 0.949. The first-order valence-electron chi connectivity index (χ1n) is 8.70. The molecular formula is C22H17BrN2O2. The van der Waals surface area contributed by atoms with Crippen LogP contribution in [0.25, 0.3) is 22.6 Å². The zero-order chi connectivity index (χ0) is 18.8. The van der Waals surface area contributed by atoms with Crippen molar-refractivity contribution in [2.45, 2.75) is 13.3 Å². The van der Waals surface area contributed by atoms with Crippen molar-refractivity contribution in [3.05, 3.63) is 82.3 Å². The molecule has 4 aromatic rings. The van der Waals surface area contributed by atoms with Crippen molar-refractivity contribution in [1.82, 2.24) is 4.98 Å². The number of halogens is 1. The molecule has 1 N–H and O–H groups in total. The maximum absolute atomic E-state index is 12.5. The van der Waals surface area contributed by atoms with Gasteiger partial charge < -0.3 is 9.73 Å². The maximum atomic E-state index is 12.5. The number of nitrogens with one attached hydrogen (secondary N) is 1. The van der Waals surface area contributed by atoms with E-state index in [1.54, 1.807) is 0 Å². The topological polar surface area (TPSA) is 55.1 Å². The lowest BCUT2D eigenvalue weighted by molar-refractivity contribution is 0.102. The van der Waals surface area contributed by atoms with Gasteiger partial charge in [0, 0.05) is 15.7 Å². The van der Waals surface area contributed by atoms with Crippen LogP contribution in [0, 0.1) is 0 Å². The Morgan fingerprint density at radius 2 is 1.85 bits per heavy atom. The Bertz CT molecular complexity index is 1120. The normalized spacial score (nSPS) is 10.9. The van der Waals surface area contributed by atoms with Gasteiger partial charge in [-0.25, -0.2) is 4.98 Å². The van der Waals surface area contributed by atoms with E-state index >= 15 is 0 Å². The van der Waals surface area contributed by atoms with Crippen LogP contribution < -0.4 is 5.32 Å². The Morgan fingerprint density at radius 3 is 2.59 bits per heavy atom. The summed E-state index contributed by atoms with van der Waals surface area (Å²) in [4.78, 5) is 17.0. The van der Waals surface area contributed by atoms with Crippen LogP contribution in [-0.4, -0.2) is 10.9 Å². The lowest BCUT2D eigenvalue weighted by Crippen LogP contribution is -2.11. The van der Waals surface area contributed by atoms with Crippen molar-refractivity contribution >= 4 is 38.6 Å². The number of anilines is 1. The van der Waals surface area contributed by atoms with E-state index in [-0.39, 0.29) is 5.91 Å². The SMILES string of the molecule is CCc1ccc(C(=O)Nc2ccc3oc(-c4ccccc4Br)nc3c2)cc1.